The molecule has 12 heteroatoms. The second-order valence-electron chi connectivity index (χ2n) is 6.62. The van der Waals surface area contributed by atoms with E-state index in [1.54, 1.807) is 0 Å². The first kappa shape index (κ1) is 24.6. The lowest BCUT2D eigenvalue weighted by atomic mass is 10.0. The summed E-state index contributed by atoms with van der Waals surface area (Å²) in [5, 5.41) is 58.3. The molecule has 162 valence electrons. The topological polar surface area (TPSA) is 197 Å². The van der Waals surface area contributed by atoms with E-state index in [-0.39, 0.29) is 30.8 Å². The maximum atomic E-state index is 11.1. The summed E-state index contributed by atoms with van der Waals surface area (Å²) in [7, 11) is 0. The Bertz CT molecular complexity index is 524. The number of hydrogen-bond acceptors (Lipinski definition) is 9. The number of aldehydes is 1. The van der Waals surface area contributed by atoms with E-state index >= 15 is 0 Å². The van der Waals surface area contributed by atoms with Crippen LogP contribution in [0.2, 0.25) is 0 Å². The van der Waals surface area contributed by atoms with Crippen molar-refractivity contribution < 1.29 is 45.0 Å². The Balaban J connectivity index is 0.000000295. The van der Waals surface area contributed by atoms with Gasteiger partial charge in [0.1, 0.15) is 24.4 Å². The molecule has 2 amide bonds. The van der Waals surface area contributed by atoms with Crippen LogP contribution in [0.15, 0.2) is 0 Å². The molecule has 28 heavy (non-hydrogen) atoms. The molecule has 0 aromatic rings. The van der Waals surface area contributed by atoms with Crippen LogP contribution in [0.4, 0.5) is 4.79 Å². The van der Waals surface area contributed by atoms with Crippen molar-refractivity contribution in [2.24, 2.45) is 0 Å². The summed E-state index contributed by atoms with van der Waals surface area (Å²) in [5.41, 5.74) is 0. The van der Waals surface area contributed by atoms with Gasteiger partial charge in [-0.1, -0.05) is 6.42 Å². The summed E-state index contributed by atoms with van der Waals surface area (Å²) >= 11 is 1.87. The highest BCUT2D eigenvalue weighted by atomic mass is 32.2. The number of carbonyl (C=O) groups is 3. The molecule has 2 aliphatic rings. The smallest absolute Gasteiger partial charge is 0.315 e. The van der Waals surface area contributed by atoms with E-state index in [9.17, 15) is 14.4 Å². The lowest BCUT2D eigenvalue weighted by Gasteiger charge is -2.22. The molecule has 2 aliphatic heterocycles. The molecule has 7 atom stereocenters. The minimum atomic E-state index is -1.79. The standard InChI is InChI=1S/C10H16N2O3S.C6H12O6/c13-8(14)4-2-1-3-7-9-6(5-16-7)11-10(15)12-9;7-1-3(9)5(11)6(12)4(10)2-8/h6-7,9H,1-5H2,(H,13,14)(H2,11,12,15);1,3-6,8-12H,2H2/t6-,7-,9-;3-,4+,5+,6+/m00/s1. The number of hydrogen-bond donors (Lipinski definition) is 8. The fraction of sp³-hybridized carbons (Fsp3) is 0.812. The van der Waals surface area contributed by atoms with Gasteiger partial charge in [-0.25, -0.2) is 4.79 Å². The van der Waals surface area contributed by atoms with Gasteiger partial charge in [0.25, 0.3) is 0 Å². The number of rotatable bonds is 10. The van der Waals surface area contributed by atoms with Crippen LogP contribution in [0.3, 0.4) is 0 Å². The third-order valence-electron chi connectivity index (χ3n) is 4.49. The summed E-state index contributed by atoms with van der Waals surface area (Å²) in [6.07, 6.45) is -3.96. The Hall–Kier alpha value is -1.44. The molecular formula is C16H28N2O9S. The highest BCUT2D eigenvalue weighted by Gasteiger charge is 2.42. The molecule has 0 bridgehead atoms. The van der Waals surface area contributed by atoms with Crippen molar-refractivity contribution in [3.8, 4) is 0 Å². The van der Waals surface area contributed by atoms with Crippen LogP contribution in [0, 0.1) is 0 Å². The van der Waals surface area contributed by atoms with Crippen LogP contribution in [0.5, 0.6) is 0 Å². The zero-order chi connectivity index (χ0) is 21.3. The molecule has 0 radical (unpaired) electrons. The highest BCUT2D eigenvalue weighted by molar-refractivity contribution is 8.00. The molecule has 2 fully saturated rings. The van der Waals surface area contributed by atoms with Gasteiger partial charge in [0.15, 0.2) is 6.29 Å². The Morgan fingerprint density at radius 2 is 1.86 bits per heavy atom. The third kappa shape index (κ3) is 7.53. The van der Waals surface area contributed by atoms with E-state index in [1.807, 2.05) is 11.8 Å². The van der Waals surface area contributed by atoms with Gasteiger partial charge >= 0.3 is 12.0 Å². The number of thioether (sulfide) groups is 1. The zero-order valence-electron chi connectivity index (χ0n) is 15.2. The molecule has 0 aliphatic carbocycles. The number of carboxylic acids is 1. The molecule has 11 nitrogen and oxygen atoms in total. The minimum Gasteiger partial charge on any atom is -0.481 e. The molecule has 0 saturated carbocycles. The van der Waals surface area contributed by atoms with Crippen molar-refractivity contribution >= 4 is 30.0 Å². The number of nitrogens with one attached hydrogen (secondary N) is 2. The second-order valence-corrected chi connectivity index (χ2v) is 7.89. The number of urea groups is 1. The van der Waals surface area contributed by atoms with Crippen LogP contribution >= 0.6 is 11.8 Å². The van der Waals surface area contributed by atoms with Crippen molar-refractivity contribution in [1.82, 2.24) is 10.6 Å². The lowest BCUT2D eigenvalue weighted by molar-refractivity contribution is -0.137. The Labute approximate surface area is 166 Å². The molecule has 8 N–H and O–H groups in total. The van der Waals surface area contributed by atoms with Gasteiger partial charge in [-0.15, -0.1) is 0 Å². The Morgan fingerprint density at radius 1 is 1.18 bits per heavy atom. The number of aliphatic carboxylic acids is 1. The molecule has 0 aromatic heterocycles. The first-order valence-corrected chi connectivity index (χ1v) is 9.95. The van der Waals surface area contributed by atoms with E-state index in [0.717, 1.165) is 25.0 Å². The van der Waals surface area contributed by atoms with Gasteiger partial charge in [0, 0.05) is 17.4 Å². The van der Waals surface area contributed by atoms with Crippen molar-refractivity contribution in [3.05, 3.63) is 0 Å². The van der Waals surface area contributed by atoms with E-state index < -0.39 is 37.0 Å². The Kier molecular flexibility index (Phi) is 10.7. The molecular weight excluding hydrogens is 396 g/mol. The maximum Gasteiger partial charge on any atom is 0.315 e. The monoisotopic (exact) mass is 424 g/mol. The Morgan fingerprint density at radius 3 is 2.43 bits per heavy atom. The molecule has 2 saturated heterocycles. The number of unbranched alkanes of at least 4 members (excludes halogenated alkanes) is 1. The lowest BCUT2D eigenvalue weighted by Crippen LogP contribution is -2.46. The summed E-state index contributed by atoms with van der Waals surface area (Å²) < 4.78 is 0. The van der Waals surface area contributed by atoms with Crippen molar-refractivity contribution in [1.29, 1.82) is 0 Å². The van der Waals surface area contributed by atoms with Gasteiger partial charge in [0.05, 0.1) is 18.7 Å². The predicted octanol–water partition coefficient (Wildman–Crippen LogP) is -2.58. The first-order valence-electron chi connectivity index (χ1n) is 8.90. The van der Waals surface area contributed by atoms with Gasteiger partial charge in [0.2, 0.25) is 0 Å². The van der Waals surface area contributed by atoms with Gasteiger partial charge in [-0.3, -0.25) is 4.79 Å². The van der Waals surface area contributed by atoms with Crippen LogP contribution in [-0.4, -0.2) is 103 Å². The second kappa shape index (κ2) is 12.2. The first-order chi connectivity index (χ1) is 13.2. The molecule has 2 rings (SSSR count). The van der Waals surface area contributed by atoms with Crippen molar-refractivity contribution in [3.63, 3.8) is 0 Å². The SMILES string of the molecule is O=C(O)CCCC[C@@H]1SC[C@@H]2NC(=O)N[C@@H]21.O=C[C@H](O)[C@@H](O)[C@H](O)[C@H](O)CO. The zero-order valence-corrected chi connectivity index (χ0v) is 16.0. The number of fused-ring (bicyclic) bond motifs is 1. The molecule has 0 unspecified atom stereocenters. The van der Waals surface area contributed by atoms with E-state index in [2.05, 4.69) is 10.6 Å². The number of aliphatic hydroxyl groups is 5. The van der Waals surface area contributed by atoms with E-state index in [4.69, 9.17) is 30.6 Å². The average molecular weight is 424 g/mol. The number of carbonyl (C=O) groups excluding carboxylic acids is 2. The van der Waals surface area contributed by atoms with Crippen LogP contribution < -0.4 is 10.6 Å². The summed E-state index contributed by atoms with van der Waals surface area (Å²) in [6, 6.07) is 0.440. The summed E-state index contributed by atoms with van der Waals surface area (Å²) in [5.74, 6) is 0.236. The predicted molar refractivity (Wildman–Crippen MR) is 98.8 cm³/mol. The quantitative estimate of drug-likeness (QED) is 0.105. The van der Waals surface area contributed by atoms with Crippen LogP contribution in [0.25, 0.3) is 0 Å². The van der Waals surface area contributed by atoms with E-state index in [1.165, 1.54) is 0 Å². The fourth-order valence-corrected chi connectivity index (χ4v) is 4.43. The summed E-state index contributed by atoms with van der Waals surface area (Å²) in [6.45, 7) is -0.760. The maximum absolute atomic E-state index is 11.1. The van der Waals surface area contributed by atoms with Crippen molar-refractivity contribution in [2.45, 2.75) is 67.4 Å². The number of amides is 2. The number of aliphatic hydroxyl groups excluding tert-OH is 5. The largest absolute Gasteiger partial charge is 0.481 e. The van der Waals surface area contributed by atoms with E-state index in [0.29, 0.717) is 5.25 Å². The van der Waals surface area contributed by atoms with Crippen molar-refractivity contribution in [2.75, 3.05) is 12.4 Å². The van der Waals surface area contributed by atoms with Gasteiger partial charge in [-0.2, -0.15) is 11.8 Å². The molecule has 0 aromatic carbocycles. The van der Waals surface area contributed by atoms with Gasteiger partial charge in [-0.05, 0) is 12.8 Å². The summed E-state index contributed by atoms with van der Waals surface area (Å²) in [4.78, 5) is 31.4. The highest BCUT2D eigenvalue weighted by Crippen LogP contribution is 2.33. The van der Waals surface area contributed by atoms with Crippen LogP contribution in [0.1, 0.15) is 25.7 Å². The third-order valence-corrected chi connectivity index (χ3v) is 6.00. The van der Waals surface area contributed by atoms with Crippen LogP contribution in [-0.2, 0) is 9.59 Å². The molecule has 0 spiro atoms. The normalized spacial score (nSPS) is 27.3. The minimum absolute atomic E-state index is 0.0258. The number of carboxylic acid groups (broad SMARTS) is 1. The average Bonchev–Trinajstić information content (AvgIpc) is 3.22. The molecule has 2 heterocycles. The van der Waals surface area contributed by atoms with Gasteiger partial charge < -0.3 is 46.1 Å². The fourth-order valence-electron chi connectivity index (χ4n) is 2.88.